The van der Waals surface area contributed by atoms with Gasteiger partial charge in [0.05, 0.1) is 4.92 Å². The van der Waals surface area contributed by atoms with Crippen LogP contribution in [0.4, 0.5) is 28.9 Å². The highest BCUT2D eigenvalue weighted by Gasteiger charge is 2.20. The lowest BCUT2D eigenvalue weighted by molar-refractivity contribution is -0.385. The number of rotatable bonds is 4. The Morgan fingerprint density at radius 2 is 1.62 bits per heavy atom. The summed E-state index contributed by atoms with van der Waals surface area (Å²) in [7, 11) is 0. The Bertz CT molecular complexity index is 681. The molecule has 0 heterocycles. The van der Waals surface area contributed by atoms with Crippen molar-refractivity contribution in [2.24, 2.45) is 0 Å². The lowest BCUT2D eigenvalue weighted by Gasteiger charge is -2.10. The summed E-state index contributed by atoms with van der Waals surface area (Å²) in [6.45, 7) is -0.367. The number of nitro groups is 1. The fraction of sp³-hybridized carbons (Fsp3) is 0.0769. The van der Waals surface area contributed by atoms with Gasteiger partial charge in [-0.2, -0.15) is 0 Å². The van der Waals surface area contributed by atoms with Crippen LogP contribution in [0, 0.1) is 33.4 Å². The molecule has 0 saturated carbocycles. The average Bonchev–Trinajstić information content (AvgIpc) is 2.45. The summed E-state index contributed by atoms with van der Waals surface area (Å²) in [5, 5.41) is 12.9. The minimum absolute atomic E-state index is 0.0841. The van der Waals surface area contributed by atoms with Gasteiger partial charge in [-0.1, -0.05) is 18.2 Å². The minimum Gasteiger partial charge on any atom is -0.376 e. The first-order valence-corrected chi connectivity index (χ1v) is 5.71. The minimum atomic E-state index is -1.59. The SMILES string of the molecule is O=[N+]([O-])c1ccccc1CNc1c(F)c(F)cc(F)c1F. The zero-order valence-corrected chi connectivity index (χ0v) is 10.4. The van der Waals surface area contributed by atoms with Crippen LogP contribution in [0.2, 0.25) is 0 Å². The molecule has 0 fully saturated rings. The highest BCUT2D eigenvalue weighted by Crippen LogP contribution is 2.26. The highest BCUT2D eigenvalue weighted by molar-refractivity contribution is 5.49. The Balaban J connectivity index is 2.31. The summed E-state index contributed by atoms with van der Waals surface area (Å²) in [4.78, 5) is 10.1. The van der Waals surface area contributed by atoms with Gasteiger partial charge >= 0.3 is 0 Å². The van der Waals surface area contributed by atoms with Gasteiger partial charge in [-0.3, -0.25) is 10.1 Å². The van der Waals surface area contributed by atoms with E-state index in [0.717, 1.165) is 0 Å². The normalized spacial score (nSPS) is 10.5. The van der Waals surface area contributed by atoms with Crippen LogP contribution in [-0.4, -0.2) is 4.92 Å². The second-order valence-electron chi connectivity index (χ2n) is 4.08. The third kappa shape index (κ3) is 2.93. The molecule has 0 aliphatic rings. The van der Waals surface area contributed by atoms with E-state index in [4.69, 9.17) is 0 Å². The number of benzene rings is 2. The fourth-order valence-electron chi connectivity index (χ4n) is 1.75. The van der Waals surface area contributed by atoms with Gasteiger partial charge in [-0.05, 0) is 0 Å². The smallest absolute Gasteiger partial charge is 0.274 e. The Kier molecular flexibility index (Phi) is 4.06. The first-order chi connectivity index (χ1) is 9.91. The van der Waals surface area contributed by atoms with Crippen LogP contribution in [0.15, 0.2) is 30.3 Å². The molecule has 2 rings (SSSR count). The standard InChI is InChI=1S/C13H8F4N2O2/c14-8-5-9(15)12(17)13(11(8)16)18-6-7-3-1-2-4-10(7)19(20)21/h1-5,18H,6H2. The Labute approximate surface area is 116 Å². The Hall–Kier alpha value is -2.64. The summed E-state index contributed by atoms with van der Waals surface area (Å²) >= 11 is 0. The Morgan fingerprint density at radius 3 is 2.19 bits per heavy atom. The predicted octanol–water partition coefficient (Wildman–Crippen LogP) is 3.76. The van der Waals surface area contributed by atoms with Crippen molar-refractivity contribution >= 4 is 11.4 Å². The molecule has 0 radical (unpaired) electrons. The maximum absolute atomic E-state index is 13.4. The zero-order chi connectivity index (χ0) is 15.6. The molecule has 2 aromatic rings. The first kappa shape index (κ1) is 14.8. The number of hydrogen-bond acceptors (Lipinski definition) is 3. The van der Waals surface area contributed by atoms with E-state index in [-0.39, 0.29) is 23.9 Å². The second-order valence-corrected chi connectivity index (χ2v) is 4.08. The van der Waals surface area contributed by atoms with E-state index >= 15 is 0 Å². The molecule has 4 nitrogen and oxygen atoms in total. The van der Waals surface area contributed by atoms with Crippen LogP contribution in [0.25, 0.3) is 0 Å². The monoisotopic (exact) mass is 300 g/mol. The summed E-state index contributed by atoms with van der Waals surface area (Å²) in [6.07, 6.45) is 0. The van der Waals surface area contributed by atoms with Crippen LogP contribution in [-0.2, 0) is 6.54 Å². The second kappa shape index (κ2) is 5.78. The van der Waals surface area contributed by atoms with Gasteiger partial charge in [0.15, 0.2) is 23.3 Å². The molecule has 0 aromatic heterocycles. The van der Waals surface area contributed by atoms with Crippen LogP contribution in [0.3, 0.4) is 0 Å². The molecule has 0 spiro atoms. The van der Waals surface area contributed by atoms with Gasteiger partial charge in [-0.15, -0.1) is 0 Å². The predicted molar refractivity (Wildman–Crippen MR) is 66.7 cm³/mol. The van der Waals surface area contributed by atoms with Crippen molar-refractivity contribution in [2.45, 2.75) is 6.54 Å². The van der Waals surface area contributed by atoms with Crippen molar-refractivity contribution in [3.05, 3.63) is 69.3 Å². The number of para-hydroxylation sites is 1. The van der Waals surface area contributed by atoms with Gasteiger partial charge in [0, 0.05) is 24.2 Å². The molecule has 8 heteroatoms. The van der Waals surface area contributed by atoms with Crippen LogP contribution < -0.4 is 5.32 Å². The number of anilines is 1. The average molecular weight is 300 g/mol. The third-order valence-corrected chi connectivity index (χ3v) is 2.76. The van der Waals surface area contributed by atoms with Crippen LogP contribution in [0.1, 0.15) is 5.56 Å². The molecule has 110 valence electrons. The lowest BCUT2D eigenvalue weighted by Crippen LogP contribution is -2.08. The van der Waals surface area contributed by atoms with E-state index in [0.29, 0.717) is 0 Å². The molecular formula is C13H8F4N2O2. The molecular weight excluding hydrogens is 292 g/mol. The summed E-state index contributed by atoms with van der Waals surface area (Å²) in [5.41, 5.74) is -1.17. The summed E-state index contributed by atoms with van der Waals surface area (Å²) < 4.78 is 52.9. The van der Waals surface area contributed by atoms with Gasteiger partial charge in [0.1, 0.15) is 5.69 Å². The van der Waals surface area contributed by atoms with Crippen molar-refractivity contribution < 1.29 is 22.5 Å². The summed E-state index contributed by atoms with van der Waals surface area (Å²) in [5.74, 6) is -6.29. The van der Waals surface area contributed by atoms with Crippen LogP contribution >= 0.6 is 0 Å². The van der Waals surface area contributed by atoms with E-state index in [1.54, 1.807) is 0 Å². The molecule has 0 saturated heterocycles. The first-order valence-electron chi connectivity index (χ1n) is 5.71. The third-order valence-electron chi connectivity index (χ3n) is 2.76. The molecule has 2 aromatic carbocycles. The van der Waals surface area contributed by atoms with E-state index in [9.17, 15) is 27.7 Å². The highest BCUT2D eigenvalue weighted by atomic mass is 19.2. The Morgan fingerprint density at radius 1 is 1.05 bits per heavy atom. The van der Waals surface area contributed by atoms with E-state index in [2.05, 4.69) is 5.32 Å². The van der Waals surface area contributed by atoms with Gasteiger partial charge in [-0.25, -0.2) is 17.6 Å². The van der Waals surface area contributed by atoms with Crippen molar-refractivity contribution in [3.8, 4) is 0 Å². The zero-order valence-electron chi connectivity index (χ0n) is 10.4. The molecule has 1 N–H and O–H groups in total. The maximum Gasteiger partial charge on any atom is 0.274 e. The van der Waals surface area contributed by atoms with Gasteiger partial charge in [0.25, 0.3) is 5.69 Å². The largest absolute Gasteiger partial charge is 0.376 e. The van der Waals surface area contributed by atoms with Crippen molar-refractivity contribution in [1.82, 2.24) is 0 Å². The molecule has 0 atom stereocenters. The van der Waals surface area contributed by atoms with Crippen molar-refractivity contribution in [3.63, 3.8) is 0 Å². The van der Waals surface area contributed by atoms with Crippen LogP contribution in [0.5, 0.6) is 0 Å². The molecule has 0 amide bonds. The number of nitrogens with one attached hydrogen (secondary N) is 1. The quantitative estimate of drug-likeness (QED) is 0.405. The van der Waals surface area contributed by atoms with Gasteiger partial charge < -0.3 is 5.32 Å². The fourth-order valence-corrected chi connectivity index (χ4v) is 1.75. The number of halogens is 4. The topological polar surface area (TPSA) is 55.2 Å². The van der Waals surface area contributed by atoms with E-state index < -0.39 is 33.9 Å². The number of nitro benzene ring substituents is 1. The lowest BCUT2D eigenvalue weighted by atomic mass is 10.1. The number of nitrogens with zero attached hydrogens (tertiary/aromatic N) is 1. The number of hydrogen-bond donors (Lipinski definition) is 1. The van der Waals surface area contributed by atoms with Crippen molar-refractivity contribution in [2.75, 3.05) is 5.32 Å². The molecule has 21 heavy (non-hydrogen) atoms. The molecule has 0 unspecified atom stereocenters. The molecule has 0 aliphatic heterocycles. The van der Waals surface area contributed by atoms with E-state index in [1.807, 2.05) is 0 Å². The van der Waals surface area contributed by atoms with Gasteiger partial charge in [0.2, 0.25) is 0 Å². The molecule has 0 bridgehead atoms. The van der Waals surface area contributed by atoms with E-state index in [1.165, 1.54) is 24.3 Å². The summed E-state index contributed by atoms with van der Waals surface area (Å²) in [6, 6.07) is 5.56. The van der Waals surface area contributed by atoms with Crippen molar-refractivity contribution in [1.29, 1.82) is 0 Å². The maximum atomic E-state index is 13.4. The molecule has 0 aliphatic carbocycles.